The zero-order chi connectivity index (χ0) is 12.6. The molecule has 2 aromatic rings. The lowest BCUT2D eigenvalue weighted by molar-refractivity contribution is 0.467. The number of benzene rings is 1. The van der Waals surface area contributed by atoms with E-state index in [2.05, 4.69) is 47.8 Å². The number of halogens is 4. The van der Waals surface area contributed by atoms with Crippen molar-refractivity contribution in [3.8, 4) is 5.75 Å². The standard InChI is InChI=1S/C11H8Br3NOS.ClH/c12-5-4-6(13)11(16)9(14)8(5)10(15)7-2-1-3-17-7;/h1-4,10,16H,15H2;1H/t10-;/m0./s1. The van der Waals surface area contributed by atoms with Crippen LogP contribution in [0.2, 0.25) is 0 Å². The first kappa shape index (κ1) is 16.5. The minimum Gasteiger partial charge on any atom is -0.506 e. The van der Waals surface area contributed by atoms with Crippen LogP contribution in [0, 0.1) is 0 Å². The van der Waals surface area contributed by atoms with E-state index in [9.17, 15) is 5.11 Å². The Balaban J connectivity index is 0.00000162. The molecule has 0 radical (unpaired) electrons. The van der Waals surface area contributed by atoms with E-state index in [1.54, 1.807) is 17.4 Å². The van der Waals surface area contributed by atoms with E-state index < -0.39 is 0 Å². The van der Waals surface area contributed by atoms with Crippen LogP contribution in [0.15, 0.2) is 37.0 Å². The van der Waals surface area contributed by atoms with Crippen molar-refractivity contribution >= 4 is 71.5 Å². The quantitative estimate of drug-likeness (QED) is 0.623. The first-order valence-corrected chi connectivity index (χ1v) is 7.93. The maximum Gasteiger partial charge on any atom is 0.144 e. The molecule has 18 heavy (non-hydrogen) atoms. The Morgan fingerprint density at radius 2 is 1.89 bits per heavy atom. The Labute approximate surface area is 140 Å². The Hall–Kier alpha value is 0.410. The maximum absolute atomic E-state index is 9.89. The molecule has 0 amide bonds. The van der Waals surface area contributed by atoms with Crippen LogP contribution in [0.5, 0.6) is 5.75 Å². The van der Waals surface area contributed by atoms with Crippen LogP contribution < -0.4 is 5.73 Å². The number of phenolic OH excluding ortho intramolecular Hbond substituents is 1. The zero-order valence-electron chi connectivity index (χ0n) is 8.86. The minimum atomic E-state index is -0.266. The Kier molecular flexibility index (Phi) is 6.15. The van der Waals surface area contributed by atoms with Gasteiger partial charge in [-0.2, -0.15) is 0 Å². The predicted molar refractivity (Wildman–Crippen MR) is 88.8 cm³/mol. The van der Waals surface area contributed by atoms with Gasteiger partial charge in [-0.05, 0) is 49.4 Å². The monoisotopic (exact) mass is 475 g/mol. The number of thiophene rings is 1. The summed E-state index contributed by atoms with van der Waals surface area (Å²) in [5.41, 5.74) is 7.05. The molecular formula is C11H9Br3ClNOS. The highest BCUT2D eigenvalue weighted by atomic mass is 79.9. The van der Waals surface area contributed by atoms with E-state index in [1.165, 1.54) is 0 Å². The van der Waals surface area contributed by atoms with Crippen molar-refractivity contribution in [1.82, 2.24) is 0 Å². The molecule has 98 valence electrons. The van der Waals surface area contributed by atoms with E-state index in [4.69, 9.17) is 5.73 Å². The molecule has 0 saturated heterocycles. The van der Waals surface area contributed by atoms with Crippen molar-refractivity contribution in [3.05, 3.63) is 47.4 Å². The summed E-state index contributed by atoms with van der Waals surface area (Å²) >= 11 is 11.7. The average molecular weight is 478 g/mol. The van der Waals surface area contributed by atoms with Crippen LogP contribution >= 0.6 is 71.5 Å². The third-order valence-electron chi connectivity index (χ3n) is 2.34. The molecule has 0 aliphatic carbocycles. The van der Waals surface area contributed by atoms with Gasteiger partial charge in [0.15, 0.2) is 0 Å². The van der Waals surface area contributed by atoms with E-state index in [1.807, 2.05) is 17.5 Å². The molecule has 0 fully saturated rings. The normalized spacial score (nSPS) is 12.0. The van der Waals surface area contributed by atoms with Gasteiger partial charge in [0, 0.05) is 14.9 Å². The summed E-state index contributed by atoms with van der Waals surface area (Å²) in [6.07, 6.45) is 0. The molecule has 2 nitrogen and oxygen atoms in total. The lowest BCUT2D eigenvalue weighted by Gasteiger charge is -2.16. The van der Waals surface area contributed by atoms with Crippen molar-refractivity contribution < 1.29 is 5.11 Å². The molecule has 0 unspecified atom stereocenters. The molecular weight excluding hydrogens is 469 g/mol. The van der Waals surface area contributed by atoms with Gasteiger partial charge in [0.25, 0.3) is 0 Å². The van der Waals surface area contributed by atoms with Crippen LogP contribution in [0.1, 0.15) is 16.5 Å². The molecule has 1 atom stereocenters. The summed E-state index contributed by atoms with van der Waals surface area (Å²) in [5.74, 6) is 0.162. The number of aromatic hydroxyl groups is 1. The van der Waals surface area contributed by atoms with Gasteiger partial charge in [-0.1, -0.05) is 22.0 Å². The number of hydrogen-bond acceptors (Lipinski definition) is 3. The molecule has 0 saturated carbocycles. The Morgan fingerprint density at radius 3 is 2.44 bits per heavy atom. The fourth-order valence-electron chi connectivity index (χ4n) is 1.49. The van der Waals surface area contributed by atoms with E-state index in [-0.39, 0.29) is 24.2 Å². The fraction of sp³-hybridized carbons (Fsp3) is 0.0909. The highest BCUT2D eigenvalue weighted by Gasteiger charge is 2.20. The Bertz CT molecular complexity index is 548. The highest BCUT2D eigenvalue weighted by Crippen LogP contribution is 2.43. The molecule has 0 aliphatic rings. The van der Waals surface area contributed by atoms with Crippen molar-refractivity contribution in [3.63, 3.8) is 0 Å². The number of nitrogens with two attached hydrogens (primary N) is 1. The van der Waals surface area contributed by atoms with Gasteiger partial charge in [-0.15, -0.1) is 23.7 Å². The predicted octanol–water partition coefficient (Wildman–Crippen LogP) is 5.21. The van der Waals surface area contributed by atoms with E-state index in [0.717, 1.165) is 14.9 Å². The summed E-state index contributed by atoms with van der Waals surface area (Å²) in [5, 5.41) is 11.9. The van der Waals surface area contributed by atoms with Crippen molar-refractivity contribution in [2.75, 3.05) is 0 Å². The molecule has 7 heteroatoms. The van der Waals surface area contributed by atoms with Crippen LogP contribution in [-0.2, 0) is 0 Å². The minimum absolute atomic E-state index is 0. The van der Waals surface area contributed by atoms with Gasteiger partial charge >= 0.3 is 0 Å². The van der Waals surface area contributed by atoms with Crippen molar-refractivity contribution in [2.24, 2.45) is 5.73 Å². The van der Waals surface area contributed by atoms with Gasteiger partial charge in [0.1, 0.15) is 5.75 Å². The SMILES string of the molecule is Cl.N[C@@H](c1cccs1)c1c(Br)cc(Br)c(O)c1Br. The Morgan fingerprint density at radius 1 is 1.22 bits per heavy atom. The summed E-state index contributed by atoms with van der Waals surface area (Å²) in [6, 6.07) is 5.47. The number of rotatable bonds is 2. The second-order valence-corrected chi connectivity index (χ2v) is 6.89. The third-order valence-corrected chi connectivity index (χ3v) is 5.36. The topological polar surface area (TPSA) is 46.2 Å². The van der Waals surface area contributed by atoms with Gasteiger partial charge in [0.05, 0.1) is 15.0 Å². The first-order chi connectivity index (χ1) is 8.02. The fourth-order valence-corrected chi connectivity index (χ4v) is 4.84. The number of phenols is 1. The largest absolute Gasteiger partial charge is 0.506 e. The maximum atomic E-state index is 9.89. The summed E-state index contributed by atoms with van der Waals surface area (Å²) < 4.78 is 2.09. The average Bonchev–Trinajstić information content (AvgIpc) is 2.79. The van der Waals surface area contributed by atoms with Gasteiger partial charge < -0.3 is 10.8 Å². The smallest absolute Gasteiger partial charge is 0.144 e. The van der Waals surface area contributed by atoms with Crippen LogP contribution in [-0.4, -0.2) is 5.11 Å². The van der Waals surface area contributed by atoms with Gasteiger partial charge in [-0.25, -0.2) is 0 Å². The summed E-state index contributed by atoms with van der Waals surface area (Å²) in [4.78, 5) is 1.05. The van der Waals surface area contributed by atoms with Crippen molar-refractivity contribution in [1.29, 1.82) is 0 Å². The zero-order valence-corrected chi connectivity index (χ0v) is 15.3. The first-order valence-electron chi connectivity index (χ1n) is 4.67. The molecule has 2 rings (SSSR count). The second-order valence-electron chi connectivity index (χ2n) is 3.41. The van der Waals surface area contributed by atoms with Crippen LogP contribution in [0.4, 0.5) is 0 Å². The summed E-state index contributed by atoms with van der Waals surface area (Å²) in [7, 11) is 0. The number of hydrogen-bond donors (Lipinski definition) is 2. The van der Waals surface area contributed by atoms with Crippen LogP contribution in [0.3, 0.4) is 0 Å². The van der Waals surface area contributed by atoms with Gasteiger partial charge in [0.2, 0.25) is 0 Å². The van der Waals surface area contributed by atoms with E-state index in [0.29, 0.717) is 8.95 Å². The molecule has 0 spiro atoms. The lowest BCUT2D eigenvalue weighted by Crippen LogP contribution is -2.11. The molecule has 1 heterocycles. The highest BCUT2D eigenvalue weighted by molar-refractivity contribution is 9.11. The molecule has 1 aromatic heterocycles. The third kappa shape index (κ3) is 3.11. The molecule has 1 aromatic carbocycles. The molecule has 0 bridgehead atoms. The summed E-state index contributed by atoms with van der Waals surface area (Å²) in [6.45, 7) is 0. The van der Waals surface area contributed by atoms with E-state index >= 15 is 0 Å². The van der Waals surface area contributed by atoms with Gasteiger partial charge in [-0.3, -0.25) is 0 Å². The van der Waals surface area contributed by atoms with Crippen molar-refractivity contribution in [2.45, 2.75) is 6.04 Å². The van der Waals surface area contributed by atoms with Crippen LogP contribution in [0.25, 0.3) is 0 Å². The molecule has 0 aliphatic heterocycles. The lowest BCUT2D eigenvalue weighted by atomic mass is 10.1. The molecule has 3 N–H and O–H groups in total. The second kappa shape index (κ2) is 6.72.